The maximum absolute atomic E-state index is 12.0. The quantitative estimate of drug-likeness (QED) is 0.303. The van der Waals surface area contributed by atoms with E-state index >= 15 is 0 Å². The van der Waals surface area contributed by atoms with E-state index in [9.17, 15) is 29.9 Å². The fourth-order valence-electron chi connectivity index (χ4n) is 2.36. The number of aromatic hydroxyl groups is 2. The lowest BCUT2D eigenvalue weighted by atomic mass is 10.2. The number of non-ortho nitro benzene ring substituents is 1. The summed E-state index contributed by atoms with van der Waals surface area (Å²) in [7, 11) is 0. The van der Waals surface area contributed by atoms with E-state index in [0.717, 1.165) is 12.1 Å². The van der Waals surface area contributed by atoms with Crippen molar-refractivity contribution in [3.8, 4) is 11.5 Å². The summed E-state index contributed by atoms with van der Waals surface area (Å²) < 4.78 is 0. The topological polar surface area (TPSA) is 164 Å². The summed E-state index contributed by atoms with van der Waals surface area (Å²) in [5, 5.41) is 36.9. The van der Waals surface area contributed by atoms with E-state index in [-0.39, 0.29) is 22.6 Å². The minimum Gasteiger partial charge on any atom is -0.508 e. The van der Waals surface area contributed by atoms with Gasteiger partial charge in [-0.05, 0) is 42.5 Å². The molecule has 156 valence electrons. The zero-order valence-corrected chi connectivity index (χ0v) is 15.6. The molecule has 11 heteroatoms. The van der Waals surface area contributed by atoms with Gasteiger partial charge in [0.05, 0.1) is 27.4 Å². The number of hydrogen-bond acceptors (Lipinski definition) is 9. The number of rotatable bonds is 6. The molecule has 0 aromatic heterocycles. The van der Waals surface area contributed by atoms with Crippen molar-refractivity contribution < 1.29 is 29.6 Å². The fourth-order valence-corrected chi connectivity index (χ4v) is 2.36. The van der Waals surface area contributed by atoms with Crippen molar-refractivity contribution in [2.24, 2.45) is 10.2 Å². The highest BCUT2D eigenvalue weighted by molar-refractivity contribution is 5.97. The summed E-state index contributed by atoms with van der Waals surface area (Å²) in [5.74, 6) is -2.23. The lowest BCUT2D eigenvalue weighted by Crippen LogP contribution is -2.10. The van der Waals surface area contributed by atoms with Gasteiger partial charge in [0.25, 0.3) is 11.6 Å². The molecule has 3 aromatic carbocycles. The number of phenols is 2. The van der Waals surface area contributed by atoms with E-state index in [1.54, 1.807) is 0 Å². The SMILES string of the molecule is O=C(ONc1ccc(N=NC(=O)c2ccc(O)cc2O)cc1)c1cccc([N+](=O)[O-])c1. The minimum absolute atomic E-state index is 0.00289. The van der Waals surface area contributed by atoms with Gasteiger partial charge in [-0.1, -0.05) is 6.07 Å². The number of phenolic OH excluding ortho intramolecular Hbond substituents is 2. The van der Waals surface area contributed by atoms with Crippen LogP contribution in [0.15, 0.2) is 77.0 Å². The lowest BCUT2D eigenvalue weighted by molar-refractivity contribution is -0.384. The van der Waals surface area contributed by atoms with Crippen LogP contribution in [0.4, 0.5) is 17.1 Å². The molecule has 0 saturated heterocycles. The van der Waals surface area contributed by atoms with Crippen LogP contribution in [0.25, 0.3) is 0 Å². The first kappa shape index (κ1) is 20.9. The summed E-state index contributed by atoms with van der Waals surface area (Å²) in [4.78, 5) is 39.0. The summed E-state index contributed by atoms with van der Waals surface area (Å²) in [5.41, 5.74) is 2.74. The van der Waals surface area contributed by atoms with Crippen LogP contribution in [-0.4, -0.2) is 27.0 Å². The second-order valence-corrected chi connectivity index (χ2v) is 6.05. The van der Waals surface area contributed by atoms with Crippen LogP contribution in [0.1, 0.15) is 20.7 Å². The van der Waals surface area contributed by atoms with Gasteiger partial charge in [0.15, 0.2) is 0 Å². The molecule has 0 spiro atoms. The Labute approximate surface area is 174 Å². The lowest BCUT2D eigenvalue weighted by Gasteiger charge is -2.06. The van der Waals surface area contributed by atoms with Gasteiger partial charge in [0, 0.05) is 18.2 Å². The molecule has 0 fully saturated rings. The summed E-state index contributed by atoms with van der Waals surface area (Å²) in [6.07, 6.45) is 0. The maximum atomic E-state index is 12.0. The Morgan fingerprint density at radius 3 is 2.42 bits per heavy atom. The third-order valence-corrected chi connectivity index (χ3v) is 3.89. The highest BCUT2D eigenvalue weighted by Gasteiger charge is 2.13. The summed E-state index contributed by atoms with van der Waals surface area (Å²) >= 11 is 0. The first-order valence-corrected chi connectivity index (χ1v) is 8.63. The van der Waals surface area contributed by atoms with Crippen molar-refractivity contribution in [2.75, 3.05) is 5.48 Å². The predicted octanol–water partition coefficient (Wildman–Crippen LogP) is 4.11. The molecule has 3 aromatic rings. The molecule has 0 aliphatic heterocycles. The normalized spacial score (nSPS) is 10.6. The molecule has 0 bridgehead atoms. The molecule has 1 amide bonds. The molecular formula is C20H14N4O7. The summed E-state index contributed by atoms with van der Waals surface area (Å²) in [6, 6.07) is 14.5. The minimum atomic E-state index is -0.813. The van der Waals surface area contributed by atoms with E-state index in [2.05, 4.69) is 15.7 Å². The van der Waals surface area contributed by atoms with Crippen molar-refractivity contribution >= 4 is 28.9 Å². The number of nitrogens with zero attached hydrogens (tertiary/aromatic N) is 3. The number of carbonyl (C=O) groups excluding carboxylic acids is 2. The van der Waals surface area contributed by atoms with Crippen LogP contribution in [0.2, 0.25) is 0 Å². The molecule has 3 rings (SSSR count). The first-order chi connectivity index (χ1) is 14.8. The molecule has 0 atom stereocenters. The van der Waals surface area contributed by atoms with Crippen LogP contribution in [-0.2, 0) is 4.84 Å². The Balaban J connectivity index is 1.59. The molecule has 0 aliphatic rings. The molecule has 0 heterocycles. The van der Waals surface area contributed by atoms with E-state index in [1.807, 2.05) is 0 Å². The second kappa shape index (κ2) is 9.13. The van der Waals surface area contributed by atoms with Gasteiger partial charge < -0.3 is 15.1 Å². The average molecular weight is 422 g/mol. The third-order valence-electron chi connectivity index (χ3n) is 3.89. The molecule has 0 saturated carbocycles. The van der Waals surface area contributed by atoms with Gasteiger partial charge in [-0.15, -0.1) is 10.2 Å². The number of amides is 1. The Kier molecular flexibility index (Phi) is 6.16. The number of nitro groups is 1. The van der Waals surface area contributed by atoms with Crippen molar-refractivity contribution in [1.82, 2.24) is 0 Å². The largest absolute Gasteiger partial charge is 0.508 e. The van der Waals surface area contributed by atoms with Gasteiger partial charge in [-0.25, -0.2) is 10.3 Å². The molecule has 0 unspecified atom stereocenters. The Bertz CT molecular complexity index is 1180. The second-order valence-electron chi connectivity index (χ2n) is 6.05. The monoisotopic (exact) mass is 422 g/mol. The molecular weight excluding hydrogens is 408 g/mol. The number of azo groups is 1. The number of nitro benzene ring substituents is 1. The van der Waals surface area contributed by atoms with Crippen molar-refractivity contribution in [1.29, 1.82) is 0 Å². The highest BCUT2D eigenvalue weighted by atomic mass is 16.7. The highest BCUT2D eigenvalue weighted by Crippen LogP contribution is 2.24. The van der Waals surface area contributed by atoms with Crippen molar-refractivity contribution in [2.45, 2.75) is 0 Å². The van der Waals surface area contributed by atoms with Crippen molar-refractivity contribution in [3.63, 3.8) is 0 Å². The molecule has 0 radical (unpaired) electrons. The Morgan fingerprint density at radius 1 is 1.00 bits per heavy atom. The van der Waals surface area contributed by atoms with Crippen molar-refractivity contribution in [3.05, 3.63) is 88.0 Å². The van der Waals surface area contributed by atoms with Crippen LogP contribution in [0, 0.1) is 10.1 Å². The standard InChI is InChI=1S/C20H14N4O7/c25-16-8-9-17(18(26)11-16)19(27)22-21-13-4-6-14(7-5-13)23-31-20(28)12-2-1-3-15(10-12)24(29)30/h1-11,23,25-26H. The molecule has 0 aliphatic carbocycles. The Hall–Kier alpha value is -4.80. The number of nitrogens with one attached hydrogen (secondary N) is 1. The zero-order chi connectivity index (χ0) is 22.4. The third kappa shape index (κ3) is 5.38. The Morgan fingerprint density at radius 2 is 1.74 bits per heavy atom. The van der Waals surface area contributed by atoms with Gasteiger partial charge >= 0.3 is 5.97 Å². The van der Waals surface area contributed by atoms with Gasteiger partial charge in [0.2, 0.25) is 0 Å². The van der Waals surface area contributed by atoms with Gasteiger partial charge in [-0.3, -0.25) is 14.9 Å². The number of hydrogen-bond donors (Lipinski definition) is 3. The number of anilines is 1. The van der Waals surface area contributed by atoms with Gasteiger partial charge in [-0.2, -0.15) is 0 Å². The fraction of sp³-hybridized carbons (Fsp3) is 0. The average Bonchev–Trinajstić information content (AvgIpc) is 2.76. The number of carbonyl (C=O) groups is 2. The summed E-state index contributed by atoms with van der Waals surface area (Å²) in [6.45, 7) is 0. The van der Waals surface area contributed by atoms with Crippen LogP contribution < -0.4 is 5.48 Å². The van der Waals surface area contributed by atoms with Crippen LogP contribution in [0.3, 0.4) is 0 Å². The molecule has 11 nitrogen and oxygen atoms in total. The van der Waals surface area contributed by atoms with E-state index in [0.29, 0.717) is 11.4 Å². The number of benzene rings is 3. The molecule has 31 heavy (non-hydrogen) atoms. The van der Waals surface area contributed by atoms with E-state index in [4.69, 9.17) is 4.84 Å². The smallest absolute Gasteiger partial charge is 0.363 e. The van der Waals surface area contributed by atoms with Gasteiger partial charge in [0.1, 0.15) is 11.5 Å². The molecule has 3 N–H and O–H groups in total. The zero-order valence-electron chi connectivity index (χ0n) is 15.6. The van der Waals surface area contributed by atoms with E-state index < -0.39 is 22.5 Å². The maximum Gasteiger partial charge on any atom is 0.363 e. The van der Waals surface area contributed by atoms with Crippen LogP contribution >= 0.6 is 0 Å². The predicted molar refractivity (Wildman–Crippen MR) is 107 cm³/mol. The van der Waals surface area contributed by atoms with Crippen LogP contribution in [0.5, 0.6) is 11.5 Å². The first-order valence-electron chi connectivity index (χ1n) is 8.63. The van der Waals surface area contributed by atoms with E-state index in [1.165, 1.54) is 54.6 Å².